The Morgan fingerprint density at radius 3 is 3.00 bits per heavy atom. The minimum Gasteiger partial charge on any atom is -0.378 e. The summed E-state index contributed by atoms with van der Waals surface area (Å²) in [6.45, 7) is 3.17. The third-order valence-electron chi connectivity index (χ3n) is 4.70. The molecule has 2 aliphatic rings. The van der Waals surface area contributed by atoms with Crippen LogP contribution in [0.4, 0.5) is 0 Å². The second kappa shape index (κ2) is 5.42. The standard InChI is InChI=1S/C14H21N3O2S/c1-2-19-11-6-10(14(11)4-3-5-14)17-13(18)9-8-20-12(7-15)16-9/h8,10-11H,2-7,15H2,1H3,(H,17,18). The molecule has 2 saturated carbocycles. The summed E-state index contributed by atoms with van der Waals surface area (Å²) >= 11 is 1.44. The average Bonchev–Trinajstić information content (AvgIpc) is 2.84. The second-order valence-corrected chi connectivity index (χ2v) is 6.57. The Balaban J connectivity index is 1.62. The van der Waals surface area contributed by atoms with E-state index in [1.165, 1.54) is 17.8 Å². The number of carbonyl (C=O) groups is 1. The molecule has 0 aromatic carbocycles. The molecular weight excluding hydrogens is 274 g/mol. The lowest BCUT2D eigenvalue weighted by molar-refractivity contribution is -0.169. The lowest BCUT2D eigenvalue weighted by Crippen LogP contribution is -2.67. The monoisotopic (exact) mass is 295 g/mol. The van der Waals surface area contributed by atoms with Crippen molar-refractivity contribution in [2.45, 2.75) is 51.3 Å². The van der Waals surface area contributed by atoms with Gasteiger partial charge >= 0.3 is 0 Å². The molecule has 1 heterocycles. The van der Waals surface area contributed by atoms with Gasteiger partial charge in [-0.15, -0.1) is 11.3 Å². The number of hydrogen-bond acceptors (Lipinski definition) is 5. The van der Waals surface area contributed by atoms with Crippen molar-refractivity contribution in [1.29, 1.82) is 0 Å². The minimum atomic E-state index is -0.0767. The number of hydrogen-bond donors (Lipinski definition) is 2. The fourth-order valence-corrected chi connectivity index (χ4v) is 4.04. The first-order valence-corrected chi connectivity index (χ1v) is 8.14. The maximum Gasteiger partial charge on any atom is 0.271 e. The molecular formula is C14H21N3O2S. The zero-order valence-electron chi connectivity index (χ0n) is 11.7. The topological polar surface area (TPSA) is 77.2 Å². The summed E-state index contributed by atoms with van der Waals surface area (Å²) in [4.78, 5) is 16.5. The first-order chi connectivity index (χ1) is 9.69. The largest absolute Gasteiger partial charge is 0.378 e. The van der Waals surface area contributed by atoms with E-state index in [0.29, 0.717) is 18.3 Å². The number of amides is 1. The fraction of sp³-hybridized carbons (Fsp3) is 0.714. The molecule has 110 valence electrons. The van der Waals surface area contributed by atoms with Crippen LogP contribution in [-0.4, -0.2) is 29.6 Å². The number of carbonyl (C=O) groups excluding carboxylic acids is 1. The van der Waals surface area contributed by atoms with E-state index in [9.17, 15) is 4.79 Å². The van der Waals surface area contributed by atoms with Crippen LogP contribution in [0.15, 0.2) is 5.38 Å². The smallest absolute Gasteiger partial charge is 0.271 e. The normalized spacial score (nSPS) is 26.9. The average molecular weight is 295 g/mol. The number of ether oxygens (including phenoxy) is 1. The number of nitrogens with two attached hydrogens (primary N) is 1. The molecule has 2 fully saturated rings. The van der Waals surface area contributed by atoms with Crippen LogP contribution in [-0.2, 0) is 11.3 Å². The molecule has 1 aromatic rings. The Hall–Kier alpha value is -0.980. The molecule has 2 aliphatic carbocycles. The molecule has 0 aliphatic heterocycles. The summed E-state index contributed by atoms with van der Waals surface area (Å²) in [5.41, 5.74) is 6.21. The van der Waals surface area contributed by atoms with Crippen molar-refractivity contribution in [2.75, 3.05) is 6.61 Å². The molecule has 1 amide bonds. The van der Waals surface area contributed by atoms with Gasteiger partial charge in [0.15, 0.2) is 0 Å². The molecule has 2 atom stereocenters. The summed E-state index contributed by atoms with van der Waals surface area (Å²) < 4.78 is 5.79. The quantitative estimate of drug-likeness (QED) is 0.866. The zero-order chi connectivity index (χ0) is 14.2. The van der Waals surface area contributed by atoms with E-state index in [1.54, 1.807) is 5.38 Å². The van der Waals surface area contributed by atoms with Crippen LogP contribution in [0.25, 0.3) is 0 Å². The molecule has 20 heavy (non-hydrogen) atoms. The molecule has 5 nitrogen and oxygen atoms in total. The highest BCUT2D eigenvalue weighted by Gasteiger charge is 2.59. The van der Waals surface area contributed by atoms with E-state index in [4.69, 9.17) is 10.5 Å². The van der Waals surface area contributed by atoms with Gasteiger partial charge in [0.1, 0.15) is 10.7 Å². The number of nitrogens with one attached hydrogen (secondary N) is 1. The molecule has 0 saturated heterocycles. The van der Waals surface area contributed by atoms with Gasteiger partial charge in [-0.1, -0.05) is 6.42 Å². The van der Waals surface area contributed by atoms with Gasteiger partial charge in [-0.2, -0.15) is 0 Å². The molecule has 2 unspecified atom stereocenters. The second-order valence-electron chi connectivity index (χ2n) is 5.62. The maximum absolute atomic E-state index is 12.2. The van der Waals surface area contributed by atoms with E-state index in [2.05, 4.69) is 10.3 Å². The summed E-state index contributed by atoms with van der Waals surface area (Å²) in [7, 11) is 0. The Morgan fingerprint density at radius 1 is 1.65 bits per heavy atom. The van der Waals surface area contributed by atoms with Crippen LogP contribution < -0.4 is 11.1 Å². The van der Waals surface area contributed by atoms with Gasteiger partial charge in [0.05, 0.1) is 6.10 Å². The van der Waals surface area contributed by atoms with Gasteiger partial charge < -0.3 is 15.8 Å². The van der Waals surface area contributed by atoms with Gasteiger partial charge in [-0.3, -0.25) is 4.79 Å². The van der Waals surface area contributed by atoms with Crippen LogP contribution in [0, 0.1) is 5.41 Å². The number of thiazole rings is 1. The van der Waals surface area contributed by atoms with E-state index in [1.807, 2.05) is 6.92 Å². The van der Waals surface area contributed by atoms with Gasteiger partial charge in [0, 0.05) is 30.0 Å². The lowest BCUT2D eigenvalue weighted by atomic mass is 9.51. The molecule has 0 bridgehead atoms. The Labute approximate surface area is 122 Å². The third-order valence-corrected chi connectivity index (χ3v) is 5.57. The van der Waals surface area contributed by atoms with E-state index in [0.717, 1.165) is 30.9 Å². The van der Waals surface area contributed by atoms with Crippen LogP contribution in [0.1, 0.15) is 48.1 Å². The van der Waals surface area contributed by atoms with Crippen molar-refractivity contribution in [3.8, 4) is 0 Å². The highest BCUT2D eigenvalue weighted by Crippen LogP contribution is 2.57. The van der Waals surface area contributed by atoms with Crippen molar-refractivity contribution in [3.05, 3.63) is 16.1 Å². The van der Waals surface area contributed by atoms with Crippen LogP contribution in [0.2, 0.25) is 0 Å². The summed E-state index contributed by atoms with van der Waals surface area (Å²) in [6, 6.07) is 0.239. The predicted octanol–water partition coefficient (Wildman–Crippen LogP) is 1.68. The molecule has 6 heteroatoms. The molecule has 0 radical (unpaired) electrons. The number of aromatic nitrogens is 1. The van der Waals surface area contributed by atoms with E-state index in [-0.39, 0.29) is 17.4 Å². The van der Waals surface area contributed by atoms with Crippen molar-refractivity contribution in [3.63, 3.8) is 0 Å². The van der Waals surface area contributed by atoms with Crippen molar-refractivity contribution >= 4 is 17.2 Å². The number of nitrogens with zero attached hydrogens (tertiary/aromatic N) is 1. The van der Waals surface area contributed by atoms with E-state index >= 15 is 0 Å². The first-order valence-electron chi connectivity index (χ1n) is 7.26. The van der Waals surface area contributed by atoms with E-state index < -0.39 is 0 Å². The van der Waals surface area contributed by atoms with Crippen LogP contribution in [0.5, 0.6) is 0 Å². The van der Waals surface area contributed by atoms with Crippen LogP contribution in [0.3, 0.4) is 0 Å². The molecule has 3 rings (SSSR count). The van der Waals surface area contributed by atoms with Crippen LogP contribution >= 0.6 is 11.3 Å². The highest BCUT2D eigenvalue weighted by atomic mass is 32.1. The highest BCUT2D eigenvalue weighted by molar-refractivity contribution is 7.09. The lowest BCUT2D eigenvalue weighted by Gasteiger charge is -2.60. The summed E-state index contributed by atoms with van der Waals surface area (Å²) in [5, 5.41) is 5.72. The SMILES string of the molecule is CCOC1CC(NC(=O)c2csc(CN)n2)C12CCC2. The Kier molecular flexibility index (Phi) is 3.79. The van der Waals surface area contributed by atoms with Gasteiger partial charge in [-0.05, 0) is 26.2 Å². The molecule has 1 spiro atoms. The summed E-state index contributed by atoms with van der Waals surface area (Å²) in [6.07, 6.45) is 4.81. The first kappa shape index (κ1) is 14.0. The minimum absolute atomic E-state index is 0.0767. The summed E-state index contributed by atoms with van der Waals surface area (Å²) in [5.74, 6) is -0.0767. The third kappa shape index (κ3) is 2.16. The van der Waals surface area contributed by atoms with Crippen molar-refractivity contribution in [2.24, 2.45) is 11.1 Å². The Morgan fingerprint density at radius 2 is 2.45 bits per heavy atom. The van der Waals surface area contributed by atoms with Crippen molar-refractivity contribution < 1.29 is 9.53 Å². The van der Waals surface area contributed by atoms with Gasteiger partial charge in [0.2, 0.25) is 0 Å². The van der Waals surface area contributed by atoms with Gasteiger partial charge in [-0.25, -0.2) is 4.98 Å². The fourth-order valence-electron chi connectivity index (χ4n) is 3.38. The molecule has 1 aromatic heterocycles. The van der Waals surface area contributed by atoms with Gasteiger partial charge in [0.25, 0.3) is 5.91 Å². The zero-order valence-corrected chi connectivity index (χ0v) is 12.5. The number of rotatable bonds is 5. The van der Waals surface area contributed by atoms with Crippen molar-refractivity contribution in [1.82, 2.24) is 10.3 Å². The maximum atomic E-state index is 12.2. The predicted molar refractivity (Wildman–Crippen MR) is 77.6 cm³/mol. The Bertz CT molecular complexity index is 498. The molecule has 3 N–H and O–H groups in total.